The van der Waals surface area contributed by atoms with Crippen LogP contribution in [0.25, 0.3) is 0 Å². The largest absolute Gasteiger partial charge is 0.488 e. The molecule has 0 aliphatic heterocycles. The average molecular weight is 622 g/mol. The maximum absolute atomic E-state index is 13.9. The lowest BCUT2D eigenvalue weighted by molar-refractivity contribution is 0.0595. The highest BCUT2D eigenvalue weighted by atomic mass is 35.5. The van der Waals surface area contributed by atoms with Gasteiger partial charge in [0, 0.05) is 11.6 Å². The van der Waals surface area contributed by atoms with Crippen molar-refractivity contribution < 1.29 is 23.2 Å². The summed E-state index contributed by atoms with van der Waals surface area (Å²) < 4.78 is 32.7. The second-order valence-electron chi connectivity index (χ2n) is 10.1. The first-order valence-electron chi connectivity index (χ1n) is 14.3. The summed E-state index contributed by atoms with van der Waals surface area (Å²) in [6.07, 6.45) is 0. The van der Waals surface area contributed by atoms with Gasteiger partial charge < -0.3 is 14.2 Å². The fourth-order valence-corrected chi connectivity index (χ4v) is 5.73. The zero-order valence-electron chi connectivity index (χ0n) is 25.8. The predicted molar refractivity (Wildman–Crippen MR) is 176 cm³/mol. The van der Waals surface area contributed by atoms with Crippen molar-refractivity contribution in [2.45, 2.75) is 53.0 Å². The summed E-state index contributed by atoms with van der Waals surface area (Å²) in [6, 6.07) is 25.8. The molecule has 0 bridgehead atoms. The number of esters is 1. The van der Waals surface area contributed by atoms with Gasteiger partial charge in [-0.2, -0.15) is 0 Å². The molecule has 0 saturated carbocycles. The van der Waals surface area contributed by atoms with E-state index in [0.717, 1.165) is 21.7 Å². The molecule has 1 unspecified atom stereocenters. The van der Waals surface area contributed by atoms with E-state index in [9.17, 15) is 9.00 Å². The fourth-order valence-electron chi connectivity index (χ4n) is 4.26. The molecule has 0 aromatic heterocycles. The molecule has 0 amide bonds. The molecule has 0 spiro atoms. The molecule has 8 heteroatoms. The fraction of sp³-hybridized carbons (Fsp3) is 0.286. The van der Waals surface area contributed by atoms with Gasteiger partial charge in [0.05, 0.1) is 17.7 Å². The van der Waals surface area contributed by atoms with Crippen molar-refractivity contribution in [3.63, 3.8) is 0 Å². The summed E-state index contributed by atoms with van der Waals surface area (Å²) in [4.78, 5) is 13.3. The van der Waals surface area contributed by atoms with Crippen LogP contribution in [0.1, 0.15) is 54.7 Å². The third kappa shape index (κ3) is 9.09. The van der Waals surface area contributed by atoms with Crippen LogP contribution in [-0.2, 0) is 22.3 Å². The number of hydrogen-bond acceptors (Lipinski definition) is 5. The quantitative estimate of drug-likeness (QED) is 0.156. The highest BCUT2D eigenvalue weighted by Crippen LogP contribution is 2.32. The third-order valence-corrected chi connectivity index (χ3v) is 8.33. The Bertz CT molecular complexity index is 1500. The lowest BCUT2D eigenvalue weighted by Gasteiger charge is -2.26. The lowest BCUT2D eigenvalue weighted by Crippen LogP contribution is -2.30. The lowest BCUT2D eigenvalue weighted by atomic mass is 10.1. The van der Waals surface area contributed by atoms with Gasteiger partial charge in [0.1, 0.15) is 29.4 Å². The molecule has 0 fully saturated rings. The Morgan fingerprint density at radius 1 is 0.884 bits per heavy atom. The molecule has 4 rings (SSSR count). The van der Waals surface area contributed by atoms with E-state index in [1.54, 1.807) is 40.7 Å². The minimum atomic E-state index is -1.55. The van der Waals surface area contributed by atoms with E-state index in [1.807, 2.05) is 76.2 Å². The van der Waals surface area contributed by atoms with Crippen molar-refractivity contribution in [1.82, 2.24) is 0 Å². The van der Waals surface area contributed by atoms with E-state index in [2.05, 4.69) is 13.8 Å². The number of halogens is 1. The molecule has 4 aromatic carbocycles. The van der Waals surface area contributed by atoms with Gasteiger partial charge in [0.2, 0.25) is 0 Å². The number of rotatable bonds is 11. The summed E-state index contributed by atoms with van der Waals surface area (Å²) in [6.45, 7) is 12.8. The Labute approximate surface area is 263 Å². The number of nitrogens with zero attached hydrogens (tertiary/aromatic N) is 1. The molecule has 0 N–H and O–H groups in total. The standard InChI is InChI=1S/C33H34ClNO5S.C2H6/c1-22(2)20-35(26-11-16-31(30(19-26)33(36)38-5)39-21-25-9-7-6-8-10-25)41(37)29-14-12-27(13-15-29)40-28-17-23(3)32(34)24(4)18-28;1-2/h6-19,22H,20-21H2,1-5H3;1-2H3. The second-order valence-corrected chi connectivity index (χ2v) is 11.9. The molecule has 6 nitrogen and oxygen atoms in total. The SMILES string of the molecule is CC.COC(=O)c1cc(N(CC(C)C)S(=O)c2ccc(Oc3cc(C)c(Cl)c(C)c3)cc2)ccc1OCc1ccccc1. The van der Waals surface area contributed by atoms with Crippen LogP contribution in [0.15, 0.2) is 89.8 Å². The van der Waals surface area contributed by atoms with Crippen LogP contribution in [-0.4, -0.2) is 23.8 Å². The van der Waals surface area contributed by atoms with E-state index in [4.69, 9.17) is 25.8 Å². The number of methoxy groups -OCH3 is 1. The number of benzene rings is 4. The number of aryl methyl sites for hydroxylation is 2. The van der Waals surface area contributed by atoms with Gasteiger partial charge in [0.15, 0.2) is 11.0 Å². The van der Waals surface area contributed by atoms with Crippen molar-refractivity contribution in [2.24, 2.45) is 5.92 Å². The highest BCUT2D eigenvalue weighted by Gasteiger charge is 2.22. The monoisotopic (exact) mass is 621 g/mol. The topological polar surface area (TPSA) is 65.1 Å². The van der Waals surface area contributed by atoms with Gasteiger partial charge in [-0.3, -0.25) is 4.31 Å². The van der Waals surface area contributed by atoms with Crippen molar-refractivity contribution in [1.29, 1.82) is 0 Å². The van der Waals surface area contributed by atoms with Gasteiger partial charge in [-0.1, -0.05) is 69.6 Å². The van der Waals surface area contributed by atoms with Crippen LogP contribution >= 0.6 is 11.6 Å². The number of anilines is 1. The van der Waals surface area contributed by atoms with Gasteiger partial charge in [-0.25, -0.2) is 9.00 Å². The van der Waals surface area contributed by atoms with Crippen LogP contribution < -0.4 is 13.8 Å². The van der Waals surface area contributed by atoms with Crippen molar-refractivity contribution in [3.05, 3.63) is 112 Å². The summed E-state index contributed by atoms with van der Waals surface area (Å²) in [5, 5.41) is 0.722. The number of ether oxygens (including phenoxy) is 3. The maximum Gasteiger partial charge on any atom is 0.341 e. The smallest absolute Gasteiger partial charge is 0.341 e. The molecule has 0 radical (unpaired) electrons. The number of hydrogen-bond donors (Lipinski definition) is 0. The summed E-state index contributed by atoms with van der Waals surface area (Å²) in [7, 11) is -0.224. The molecule has 43 heavy (non-hydrogen) atoms. The first-order valence-corrected chi connectivity index (χ1v) is 15.8. The molecular formula is C35H40ClNO5S. The summed E-state index contributed by atoms with van der Waals surface area (Å²) in [5.74, 6) is 1.38. The van der Waals surface area contributed by atoms with Crippen LogP contribution in [0.3, 0.4) is 0 Å². The first kappa shape index (κ1) is 33.7. The summed E-state index contributed by atoms with van der Waals surface area (Å²) >= 11 is 6.28. The molecule has 1 atom stereocenters. The molecule has 0 heterocycles. The normalized spacial score (nSPS) is 11.3. The molecule has 228 valence electrons. The van der Waals surface area contributed by atoms with E-state index >= 15 is 0 Å². The molecule has 0 aliphatic rings. The maximum atomic E-state index is 13.9. The van der Waals surface area contributed by atoms with E-state index in [0.29, 0.717) is 41.0 Å². The molecule has 0 saturated heterocycles. The number of carbonyl (C=O) groups is 1. The van der Waals surface area contributed by atoms with Crippen LogP contribution in [0, 0.1) is 19.8 Å². The van der Waals surface area contributed by atoms with Crippen LogP contribution in [0.2, 0.25) is 5.02 Å². The van der Waals surface area contributed by atoms with E-state index in [-0.39, 0.29) is 11.5 Å². The van der Waals surface area contributed by atoms with Crippen LogP contribution in [0.4, 0.5) is 5.69 Å². The van der Waals surface area contributed by atoms with E-state index in [1.165, 1.54) is 7.11 Å². The Morgan fingerprint density at radius 3 is 2.09 bits per heavy atom. The van der Waals surface area contributed by atoms with Crippen molar-refractivity contribution >= 4 is 34.2 Å². The highest BCUT2D eigenvalue weighted by molar-refractivity contribution is 7.86. The zero-order valence-corrected chi connectivity index (χ0v) is 27.4. The van der Waals surface area contributed by atoms with Crippen molar-refractivity contribution in [2.75, 3.05) is 18.0 Å². The van der Waals surface area contributed by atoms with Crippen molar-refractivity contribution in [3.8, 4) is 17.2 Å². The van der Waals surface area contributed by atoms with Gasteiger partial charge in [-0.05, 0) is 91.1 Å². The van der Waals surface area contributed by atoms with Gasteiger partial charge >= 0.3 is 5.97 Å². The predicted octanol–water partition coefficient (Wildman–Crippen LogP) is 9.33. The minimum absolute atomic E-state index is 0.202. The third-order valence-electron chi connectivity index (χ3n) is 6.30. The Hall–Kier alpha value is -3.81. The van der Waals surface area contributed by atoms with Gasteiger partial charge in [0.25, 0.3) is 0 Å². The zero-order chi connectivity index (χ0) is 31.5. The Kier molecular flexibility index (Phi) is 12.7. The first-order chi connectivity index (χ1) is 20.7. The second kappa shape index (κ2) is 16.1. The minimum Gasteiger partial charge on any atom is -0.488 e. The Balaban J connectivity index is 0.00000248. The van der Waals surface area contributed by atoms with Gasteiger partial charge in [-0.15, -0.1) is 0 Å². The van der Waals surface area contributed by atoms with Crippen LogP contribution in [0.5, 0.6) is 17.2 Å². The molecule has 4 aromatic rings. The average Bonchev–Trinajstić information content (AvgIpc) is 3.02. The Morgan fingerprint density at radius 2 is 1.51 bits per heavy atom. The van der Waals surface area contributed by atoms with E-state index < -0.39 is 17.0 Å². The molecular weight excluding hydrogens is 582 g/mol. The number of carbonyl (C=O) groups excluding carboxylic acids is 1. The molecule has 0 aliphatic carbocycles. The summed E-state index contributed by atoms with van der Waals surface area (Å²) in [5.41, 5.74) is 3.74.